The van der Waals surface area contributed by atoms with Gasteiger partial charge in [-0.1, -0.05) is 12.1 Å². The van der Waals surface area contributed by atoms with E-state index in [1.165, 1.54) is 0 Å². The van der Waals surface area contributed by atoms with Crippen LogP contribution in [0.15, 0.2) is 42.5 Å². The van der Waals surface area contributed by atoms with Crippen LogP contribution in [0.25, 0.3) is 11.0 Å². The largest absolute Gasteiger partial charge is 0.486 e. The molecule has 2 aromatic carbocycles. The maximum Gasteiger partial charge on any atom is 0.319 e. The van der Waals surface area contributed by atoms with E-state index in [4.69, 9.17) is 9.47 Å². The Morgan fingerprint density at radius 1 is 1.16 bits per heavy atom. The van der Waals surface area contributed by atoms with Crippen LogP contribution in [0.4, 0.5) is 10.5 Å². The van der Waals surface area contributed by atoms with Gasteiger partial charge in [0.1, 0.15) is 19.0 Å². The number of hydrogen-bond donors (Lipinski definition) is 2. The number of hydrogen-bond acceptors (Lipinski definition) is 4. The van der Waals surface area contributed by atoms with Crippen molar-refractivity contribution >= 4 is 22.8 Å². The van der Waals surface area contributed by atoms with Crippen molar-refractivity contribution in [3.63, 3.8) is 0 Å². The molecule has 0 aliphatic carbocycles. The lowest BCUT2D eigenvalue weighted by Crippen LogP contribution is -2.29. The molecule has 0 radical (unpaired) electrons. The molecule has 1 aromatic heterocycles. The fourth-order valence-electron chi connectivity index (χ4n) is 2.81. The molecule has 0 atom stereocenters. The maximum absolute atomic E-state index is 12.1. The van der Waals surface area contributed by atoms with Crippen molar-refractivity contribution in [1.82, 2.24) is 14.9 Å². The number of carbonyl (C=O) groups is 1. The van der Waals surface area contributed by atoms with E-state index in [0.29, 0.717) is 36.9 Å². The Morgan fingerprint density at radius 3 is 2.80 bits per heavy atom. The van der Waals surface area contributed by atoms with Gasteiger partial charge in [-0.15, -0.1) is 0 Å². The topological polar surface area (TPSA) is 77.4 Å². The number of aromatic nitrogens is 2. The van der Waals surface area contributed by atoms with E-state index in [2.05, 4.69) is 15.6 Å². The minimum absolute atomic E-state index is 0.302. The number of benzene rings is 2. The van der Waals surface area contributed by atoms with Crippen LogP contribution in [-0.2, 0) is 13.6 Å². The molecule has 0 saturated heterocycles. The third kappa shape index (κ3) is 3.08. The summed E-state index contributed by atoms with van der Waals surface area (Å²) in [7, 11) is 1.94. The minimum atomic E-state index is -0.302. The van der Waals surface area contributed by atoms with Crippen LogP contribution in [0.2, 0.25) is 0 Å². The van der Waals surface area contributed by atoms with E-state index in [-0.39, 0.29) is 6.03 Å². The van der Waals surface area contributed by atoms with Gasteiger partial charge in [-0.2, -0.15) is 0 Å². The van der Waals surface area contributed by atoms with Gasteiger partial charge in [-0.05, 0) is 24.3 Å². The van der Waals surface area contributed by atoms with Gasteiger partial charge in [0.25, 0.3) is 0 Å². The second kappa shape index (κ2) is 6.35. The van der Waals surface area contributed by atoms with E-state index >= 15 is 0 Å². The number of amides is 2. The average Bonchev–Trinajstić information content (AvgIpc) is 2.96. The SMILES string of the molecule is Cn1c(CNC(=O)Nc2ccc3c(c2)OCCO3)nc2ccccc21. The van der Waals surface area contributed by atoms with Crippen molar-refractivity contribution in [3.8, 4) is 11.5 Å². The van der Waals surface area contributed by atoms with Gasteiger partial charge >= 0.3 is 6.03 Å². The van der Waals surface area contributed by atoms with Crippen LogP contribution in [0.1, 0.15) is 5.82 Å². The molecule has 4 rings (SSSR count). The Morgan fingerprint density at radius 2 is 1.96 bits per heavy atom. The summed E-state index contributed by atoms with van der Waals surface area (Å²) in [6, 6.07) is 12.9. The van der Waals surface area contributed by atoms with Gasteiger partial charge in [0.15, 0.2) is 11.5 Å². The summed E-state index contributed by atoms with van der Waals surface area (Å²) in [5, 5.41) is 5.62. The molecule has 0 spiro atoms. The Bertz CT molecular complexity index is 935. The molecule has 2 N–H and O–H groups in total. The number of fused-ring (bicyclic) bond motifs is 2. The number of nitrogens with zero attached hydrogens (tertiary/aromatic N) is 2. The molecular formula is C18H18N4O3. The fourth-order valence-corrected chi connectivity index (χ4v) is 2.81. The van der Waals surface area contributed by atoms with E-state index in [9.17, 15) is 4.79 Å². The monoisotopic (exact) mass is 338 g/mol. The second-order valence-corrected chi connectivity index (χ2v) is 5.74. The molecule has 128 valence electrons. The summed E-state index contributed by atoms with van der Waals surface area (Å²) < 4.78 is 13.0. The molecule has 2 amide bonds. The highest BCUT2D eigenvalue weighted by Gasteiger charge is 2.13. The zero-order valence-electron chi connectivity index (χ0n) is 13.8. The first-order valence-electron chi connectivity index (χ1n) is 8.05. The lowest BCUT2D eigenvalue weighted by Gasteiger charge is -2.19. The van der Waals surface area contributed by atoms with E-state index in [1.54, 1.807) is 18.2 Å². The summed E-state index contributed by atoms with van der Waals surface area (Å²) in [5.74, 6) is 2.12. The summed E-state index contributed by atoms with van der Waals surface area (Å²) in [6.45, 7) is 1.38. The first kappa shape index (κ1) is 15.3. The molecule has 0 bridgehead atoms. The third-order valence-electron chi connectivity index (χ3n) is 4.09. The average molecular weight is 338 g/mol. The Hall–Kier alpha value is -3.22. The van der Waals surface area contributed by atoms with Crippen molar-refractivity contribution in [2.45, 2.75) is 6.54 Å². The molecule has 25 heavy (non-hydrogen) atoms. The number of rotatable bonds is 3. The van der Waals surface area contributed by atoms with Crippen LogP contribution >= 0.6 is 0 Å². The summed E-state index contributed by atoms with van der Waals surface area (Å²) in [4.78, 5) is 16.7. The number of carbonyl (C=O) groups excluding carboxylic acids is 1. The highest BCUT2D eigenvalue weighted by molar-refractivity contribution is 5.89. The van der Waals surface area contributed by atoms with Crippen molar-refractivity contribution in [3.05, 3.63) is 48.3 Å². The van der Waals surface area contributed by atoms with E-state index in [0.717, 1.165) is 16.9 Å². The zero-order valence-corrected chi connectivity index (χ0v) is 13.8. The highest BCUT2D eigenvalue weighted by Crippen LogP contribution is 2.32. The lowest BCUT2D eigenvalue weighted by molar-refractivity contribution is 0.171. The molecule has 1 aliphatic rings. The number of imidazole rings is 1. The number of ether oxygens (including phenoxy) is 2. The summed E-state index contributed by atoms with van der Waals surface area (Å²) in [5.41, 5.74) is 2.59. The van der Waals surface area contributed by atoms with E-state index < -0.39 is 0 Å². The zero-order chi connectivity index (χ0) is 17.2. The van der Waals surface area contributed by atoms with Gasteiger partial charge in [-0.3, -0.25) is 0 Å². The molecule has 0 fully saturated rings. The van der Waals surface area contributed by atoms with Crippen LogP contribution in [0, 0.1) is 0 Å². The van der Waals surface area contributed by atoms with Gasteiger partial charge < -0.3 is 24.7 Å². The van der Waals surface area contributed by atoms with Gasteiger partial charge in [0.05, 0.1) is 17.6 Å². The van der Waals surface area contributed by atoms with Crippen LogP contribution in [-0.4, -0.2) is 28.8 Å². The van der Waals surface area contributed by atoms with Crippen molar-refractivity contribution in [1.29, 1.82) is 0 Å². The standard InChI is InChI=1S/C18H18N4O3/c1-22-14-5-3-2-4-13(14)21-17(22)11-19-18(23)20-12-6-7-15-16(10-12)25-9-8-24-15/h2-7,10H,8-9,11H2,1H3,(H2,19,20,23). The smallest absolute Gasteiger partial charge is 0.319 e. The second-order valence-electron chi connectivity index (χ2n) is 5.74. The quantitative estimate of drug-likeness (QED) is 0.770. The van der Waals surface area contributed by atoms with Gasteiger partial charge in [-0.25, -0.2) is 9.78 Å². The summed E-state index contributed by atoms with van der Waals surface area (Å²) in [6.07, 6.45) is 0. The summed E-state index contributed by atoms with van der Waals surface area (Å²) >= 11 is 0. The Kier molecular flexibility index (Phi) is 3.89. The lowest BCUT2D eigenvalue weighted by atomic mass is 10.2. The van der Waals surface area contributed by atoms with Crippen LogP contribution in [0.5, 0.6) is 11.5 Å². The predicted molar refractivity (Wildman–Crippen MR) is 94.0 cm³/mol. The molecule has 7 nitrogen and oxygen atoms in total. The van der Waals surface area contributed by atoms with Crippen molar-refractivity contribution in [2.24, 2.45) is 7.05 Å². The van der Waals surface area contributed by atoms with Gasteiger partial charge in [0.2, 0.25) is 0 Å². The molecule has 0 saturated carbocycles. The number of nitrogens with one attached hydrogen (secondary N) is 2. The Balaban J connectivity index is 1.41. The van der Waals surface area contributed by atoms with E-state index in [1.807, 2.05) is 35.9 Å². The molecule has 2 heterocycles. The van der Waals surface area contributed by atoms with Gasteiger partial charge in [0, 0.05) is 18.8 Å². The minimum Gasteiger partial charge on any atom is -0.486 e. The van der Waals surface area contributed by atoms with Crippen molar-refractivity contribution in [2.75, 3.05) is 18.5 Å². The normalized spacial score (nSPS) is 12.8. The third-order valence-corrected chi connectivity index (χ3v) is 4.09. The number of anilines is 1. The number of para-hydroxylation sites is 2. The molecule has 7 heteroatoms. The molecule has 0 unspecified atom stereocenters. The van der Waals surface area contributed by atoms with Crippen LogP contribution < -0.4 is 20.1 Å². The number of aryl methyl sites for hydroxylation is 1. The number of urea groups is 1. The van der Waals surface area contributed by atoms with Crippen molar-refractivity contribution < 1.29 is 14.3 Å². The molecule has 1 aliphatic heterocycles. The molecular weight excluding hydrogens is 320 g/mol. The first-order valence-corrected chi connectivity index (χ1v) is 8.05. The molecule has 3 aromatic rings. The Labute approximate surface area is 144 Å². The fraction of sp³-hybridized carbons (Fsp3) is 0.222. The predicted octanol–water partition coefficient (Wildman–Crippen LogP) is 2.67. The maximum atomic E-state index is 12.1. The highest BCUT2D eigenvalue weighted by atomic mass is 16.6. The van der Waals surface area contributed by atoms with Crippen LogP contribution in [0.3, 0.4) is 0 Å². The first-order chi connectivity index (χ1) is 12.2.